The molecular weight excluding hydrogens is 1140 g/mol. The van der Waals surface area contributed by atoms with Gasteiger partial charge in [0.25, 0.3) is 0 Å². The topological polar surface area (TPSA) is 149 Å². The molecule has 0 spiro atoms. The Morgan fingerprint density at radius 2 is 1.16 bits per heavy atom. The number of ketones is 3. The third-order valence-electron chi connectivity index (χ3n) is 16.1. The molecule has 2 heterocycles. The number of likely N-dealkylation sites (N-methyl/N-ethyl adjacent to an activating group) is 1. The number of hydrogen-bond acceptors (Lipinski definition) is 13. The standard InChI is InChI=1S/C27H27NO3S.C26H24N2O3.C23H30N2O2/c1-2-3-4-11-16-25(28-31-27(30)22-12-7-5-8-13-22)26(29)21-17-19-24(20-18-21)32-23-14-9-6-10-15-23;1-5-28-24-12-10-19(17(3)27-31-18(4)29)14-22(24)23-15-20(11-13-25(23)28)26(30)21-9-7-6-8-16(21)2;1-4-23(24(2)3,18-19-8-6-5-7-9-19)22(26)20-10-12-21(13-11-20)25-14-16-27-17-15-25/h5-10,12-15,17-20H,2-4,11,16H2,1H3;6-15H,5H2,1-4H3;5-13H,4,14-18H2,1-3H3/b28-25+;27-17+;. The van der Waals surface area contributed by atoms with E-state index in [4.69, 9.17) is 14.4 Å². The maximum absolute atomic E-state index is 13.6. The zero-order valence-electron chi connectivity index (χ0n) is 52.9. The summed E-state index contributed by atoms with van der Waals surface area (Å²) in [5.74, 6) is -1.03. The maximum atomic E-state index is 13.6. The van der Waals surface area contributed by atoms with E-state index in [1.807, 2.05) is 161 Å². The number of morpholine rings is 1. The van der Waals surface area contributed by atoms with E-state index < -0.39 is 17.5 Å². The Morgan fingerprint density at radius 3 is 1.76 bits per heavy atom. The summed E-state index contributed by atoms with van der Waals surface area (Å²) >= 11 is 1.64. The van der Waals surface area contributed by atoms with Crippen molar-refractivity contribution in [3.8, 4) is 0 Å². The highest BCUT2D eigenvalue weighted by atomic mass is 32.2. The molecule has 1 aromatic heterocycles. The molecule has 90 heavy (non-hydrogen) atoms. The molecular formula is C76H81N5O8S. The molecule has 0 amide bonds. The van der Waals surface area contributed by atoms with Crippen LogP contribution >= 0.6 is 11.8 Å². The van der Waals surface area contributed by atoms with Gasteiger partial charge in [0, 0.05) is 86.1 Å². The Labute approximate surface area is 533 Å². The van der Waals surface area contributed by atoms with E-state index >= 15 is 0 Å². The number of rotatable bonds is 23. The van der Waals surface area contributed by atoms with Crippen molar-refractivity contribution in [2.45, 2.75) is 108 Å². The minimum Gasteiger partial charge on any atom is -0.378 e. The Bertz CT molecular complexity index is 3930. The van der Waals surface area contributed by atoms with Crippen LogP contribution in [0.1, 0.15) is 137 Å². The number of Topliss-reactive ketones (excluding diaryl/α,β-unsaturated/α-hetero) is 2. The third kappa shape index (κ3) is 17.4. The maximum Gasteiger partial charge on any atom is 0.365 e. The first-order valence-corrected chi connectivity index (χ1v) is 31.7. The van der Waals surface area contributed by atoms with Crippen LogP contribution in [0.3, 0.4) is 0 Å². The smallest absolute Gasteiger partial charge is 0.365 e. The average molecular weight is 1220 g/mol. The molecule has 1 aliphatic rings. The van der Waals surface area contributed by atoms with Crippen LogP contribution in [0.4, 0.5) is 5.69 Å². The van der Waals surface area contributed by atoms with Crippen LogP contribution in [0.25, 0.3) is 21.8 Å². The molecule has 1 aliphatic heterocycles. The predicted molar refractivity (Wildman–Crippen MR) is 364 cm³/mol. The highest BCUT2D eigenvalue weighted by Gasteiger charge is 2.39. The molecule has 1 unspecified atom stereocenters. The normalized spacial score (nSPS) is 13.1. The zero-order chi connectivity index (χ0) is 64.0. The van der Waals surface area contributed by atoms with E-state index in [1.165, 1.54) is 12.5 Å². The van der Waals surface area contributed by atoms with E-state index in [0.29, 0.717) is 40.8 Å². The Morgan fingerprint density at radius 1 is 0.589 bits per heavy atom. The highest BCUT2D eigenvalue weighted by Crippen LogP contribution is 2.33. The molecule has 0 bridgehead atoms. The van der Waals surface area contributed by atoms with Crippen LogP contribution < -0.4 is 4.90 Å². The number of oxime groups is 2. The Kier molecular flexibility index (Phi) is 24.5. The summed E-state index contributed by atoms with van der Waals surface area (Å²) in [6.07, 6.45) is 5.97. The lowest BCUT2D eigenvalue weighted by Crippen LogP contribution is -2.52. The quantitative estimate of drug-likeness (QED) is 0.0198. The molecule has 0 N–H and O–H groups in total. The fraction of sp³-hybridized carbons (Fsp3) is 0.276. The van der Waals surface area contributed by atoms with Crippen LogP contribution in [0.2, 0.25) is 0 Å². The number of carbonyl (C=O) groups is 5. The third-order valence-corrected chi connectivity index (χ3v) is 17.2. The van der Waals surface area contributed by atoms with E-state index in [2.05, 4.69) is 69.7 Å². The molecule has 0 saturated carbocycles. The highest BCUT2D eigenvalue weighted by molar-refractivity contribution is 7.99. The summed E-state index contributed by atoms with van der Waals surface area (Å²) in [5.41, 5.74) is 9.75. The number of ether oxygens (including phenoxy) is 1. The first-order valence-electron chi connectivity index (χ1n) is 30.9. The number of anilines is 1. The van der Waals surface area contributed by atoms with Crippen molar-refractivity contribution in [2.24, 2.45) is 10.3 Å². The SMILES string of the molecule is CCC(Cc1ccccc1)(C(=O)c1ccc(N2CCOCC2)cc1)N(C)C.CCCCCC/C(=N\OC(=O)c1ccccc1)C(=O)c1ccc(Sc2ccccc2)cc1.CCn1c2ccc(C(=O)c3ccccc3C)cc2c2cc(/C(C)=N/OC(C)=O)ccc21. The lowest BCUT2D eigenvalue weighted by molar-refractivity contribution is -0.140. The van der Waals surface area contributed by atoms with Crippen LogP contribution in [0.15, 0.2) is 220 Å². The van der Waals surface area contributed by atoms with Crippen molar-refractivity contribution >= 4 is 80.0 Å². The number of nitrogens with zero attached hydrogens (tertiary/aromatic N) is 5. The molecule has 13 nitrogen and oxygen atoms in total. The number of unbranched alkanes of at least 4 members (excludes halogenated alkanes) is 3. The van der Waals surface area contributed by atoms with Crippen molar-refractivity contribution in [1.82, 2.24) is 9.47 Å². The van der Waals surface area contributed by atoms with Crippen molar-refractivity contribution < 1.29 is 38.4 Å². The first kappa shape index (κ1) is 66.9. The van der Waals surface area contributed by atoms with Crippen LogP contribution in [0, 0.1) is 6.92 Å². The lowest BCUT2D eigenvalue weighted by atomic mass is 9.80. The second kappa shape index (κ2) is 32.9. The fourth-order valence-corrected chi connectivity index (χ4v) is 11.8. The van der Waals surface area contributed by atoms with Gasteiger partial charge in [-0.25, -0.2) is 9.59 Å². The van der Waals surface area contributed by atoms with Gasteiger partial charge in [0.1, 0.15) is 5.71 Å². The van der Waals surface area contributed by atoms with Gasteiger partial charge in [-0.05, 0) is 180 Å². The second-order valence-corrected chi connectivity index (χ2v) is 23.5. The van der Waals surface area contributed by atoms with Gasteiger partial charge >= 0.3 is 11.9 Å². The van der Waals surface area contributed by atoms with Gasteiger partial charge in [-0.1, -0.05) is 152 Å². The van der Waals surface area contributed by atoms with Crippen molar-refractivity contribution in [2.75, 3.05) is 45.3 Å². The molecule has 9 aromatic rings. The van der Waals surface area contributed by atoms with E-state index in [-0.39, 0.29) is 23.1 Å². The number of fused-ring (bicyclic) bond motifs is 3. The number of hydrogen-bond donors (Lipinski definition) is 0. The average Bonchev–Trinajstić information content (AvgIpc) is 1.65. The largest absolute Gasteiger partial charge is 0.378 e. The van der Waals surface area contributed by atoms with Crippen molar-refractivity contribution in [3.05, 3.63) is 245 Å². The van der Waals surface area contributed by atoms with Gasteiger partial charge < -0.3 is 23.9 Å². The molecule has 8 aromatic carbocycles. The Balaban J connectivity index is 0.000000175. The summed E-state index contributed by atoms with van der Waals surface area (Å²) in [4.78, 5) is 79.7. The molecule has 1 atom stereocenters. The lowest BCUT2D eigenvalue weighted by Gasteiger charge is -2.38. The monoisotopic (exact) mass is 1220 g/mol. The van der Waals surface area contributed by atoms with Crippen molar-refractivity contribution in [3.63, 3.8) is 0 Å². The minimum absolute atomic E-state index is 0.0150. The van der Waals surface area contributed by atoms with Gasteiger partial charge in [-0.3, -0.25) is 19.3 Å². The molecule has 1 fully saturated rings. The number of benzene rings is 8. The van der Waals surface area contributed by atoms with E-state index in [0.717, 1.165) is 119 Å². The molecule has 14 heteroatoms. The summed E-state index contributed by atoms with van der Waals surface area (Å²) in [7, 11) is 4.01. The van der Waals surface area contributed by atoms with Gasteiger partial charge in [0.05, 0.1) is 30.0 Å². The van der Waals surface area contributed by atoms with E-state index in [9.17, 15) is 24.0 Å². The number of carbonyl (C=O) groups excluding carboxylic acids is 5. The van der Waals surface area contributed by atoms with Gasteiger partial charge in [0.2, 0.25) is 5.78 Å². The zero-order valence-corrected chi connectivity index (χ0v) is 53.8. The van der Waals surface area contributed by atoms with Gasteiger partial charge in [-0.15, -0.1) is 0 Å². The summed E-state index contributed by atoms with van der Waals surface area (Å²) < 4.78 is 7.66. The summed E-state index contributed by atoms with van der Waals surface area (Å²) in [6, 6.07) is 64.1. The molecule has 1 saturated heterocycles. The summed E-state index contributed by atoms with van der Waals surface area (Å²) in [5, 5.41) is 9.93. The molecule has 0 aliphatic carbocycles. The summed E-state index contributed by atoms with van der Waals surface area (Å²) in [6.45, 7) is 15.5. The van der Waals surface area contributed by atoms with Gasteiger partial charge in [0.15, 0.2) is 11.6 Å². The van der Waals surface area contributed by atoms with E-state index in [1.54, 1.807) is 55.1 Å². The molecule has 464 valence electrons. The number of aryl methyl sites for hydroxylation is 2. The van der Waals surface area contributed by atoms with Gasteiger partial charge in [-0.2, -0.15) is 0 Å². The van der Waals surface area contributed by atoms with Crippen LogP contribution in [0.5, 0.6) is 0 Å². The minimum atomic E-state index is -0.570. The predicted octanol–water partition coefficient (Wildman–Crippen LogP) is 16.5. The van der Waals surface area contributed by atoms with Crippen LogP contribution in [-0.4, -0.2) is 96.1 Å². The Hall–Kier alpha value is -9.08. The fourth-order valence-electron chi connectivity index (χ4n) is 11.0. The molecule has 10 rings (SSSR count). The molecule has 0 radical (unpaired) electrons. The van der Waals surface area contributed by atoms with Crippen LogP contribution in [-0.2, 0) is 32.2 Å². The first-order chi connectivity index (χ1) is 43.6. The second-order valence-electron chi connectivity index (χ2n) is 22.4. The van der Waals surface area contributed by atoms with Crippen molar-refractivity contribution in [1.29, 1.82) is 0 Å². The number of aromatic nitrogens is 1.